The summed E-state index contributed by atoms with van der Waals surface area (Å²) in [5.74, 6) is 2.88. The number of nitrogens with one attached hydrogen (secondary N) is 2. The maximum absolute atomic E-state index is 5.83. The fourth-order valence-electron chi connectivity index (χ4n) is 3.52. The average molecular weight is 425 g/mol. The quantitative estimate of drug-likeness (QED) is 0.594. The summed E-state index contributed by atoms with van der Waals surface area (Å²) in [4.78, 5) is 17.8. The fraction of sp³-hybridized carbons (Fsp3) is 0.364. The maximum atomic E-state index is 5.83. The Hall–Kier alpha value is -2.87. The number of pyridine rings is 2. The topological polar surface area (TPSA) is 84.9 Å². The molecular formula is C22H28N6OS. The van der Waals surface area contributed by atoms with Crippen LogP contribution < -0.4 is 15.4 Å². The van der Waals surface area contributed by atoms with E-state index in [0.29, 0.717) is 0 Å². The van der Waals surface area contributed by atoms with Crippen LogP contribution in [0.5, 0.6) is 5.75 Å². The zero-order chi connectivity index (χ0) is 20.2. The van der Waals surface area contributed by atoms with E-state index >= 15 is 0 Å². The second kappa shape index (κ2) is 9.75. The van der Waals surface area contributed by atoms with Gasteiger partial charge in [-0.2, -0.15) is 13.5 Å². The Labute approximate surface area is 184 Å². The second-order valence-corrected chi connectivity index (χ2v) is 7.26. The molecule has 0 aliphatic carbocycles. The third kappa shape index (κ3) is 4.81. The Morgan fingerprint density at radius 2 is 1.97 bits per heavy atom. The molecule has 8 heteroatoms. The molecule has 0 saturated carbocycles. The third-order valence-electron chi connectivity index (χ3n) is 4.99. The number of aromatic nitrogens is 4. The molecule has 0 aromatic carbocycles. The third-order valence-corrected chi connectivity index (χ3v) is 4.99. The Morgan fingerprint density at radius 1 is 1.10 bits per heavy atom. The number of fused-ring (bicyclic) bond motifs is 1. The minimum Gasteiger partial charge on any atom is -0.491 e. The normalized spacial score (nSPS) is 13.0. The van der Waals surface area contributed by atoms with Gasteiger partial charge in [-0.3, -0.25) is 4.98 Å². The van der Waals surface area contributed by atoms with Crippen molar-refractivity contribution >= 4 is 25.1 Å². The predicted octanol–water partition coefficient (Wildman–Crippen LogP) is 3.94. The highest BCUT2D eigenvalue weighted by molar-refractivity contribution is 7.59. The molecule has 1 atom stereocenters. The van der Waals surface area contributed by atoms with Gasteiger partial charge in [-0.15, -0.1) is 0 Å². The Kier molecular flexibility index (Phi) is 7.10. The molecular weight excluding hydrogens is 396 g/mol. The molecule has 0 saturated heterocycles. The van der Waals surface area contributed by atoms with Crippen molar-refractivity contribution in [1.29, 1.82) is 0 Å². The molecule has 158 valence electrons. The van der Waals surface area contributed by atoms with E-state index in [1.807, 2.05) is 38.2 Å². The largest absolute Gasteiger partial charge is 0.491 e. The highest BCUT2D eigenvalue weighted by Gasteiger charge is 2.22. The fourth-order valence-corrected chi connectivity index (χ4v) is 3.52. The number of rotatable bonds is 7. The molecule has 3 aromatic rings. The summed E-state index contributed by atoms with van der Waals surface area (Å²) in [5.41, 5.74) is 5.12. The van der Waals surface area contributed by atoms with Gasteiger partial charge in [0, 0.05) is 54.5 Å². The Bertz CT molecular complexity index is 995. The SMILES string of the molecule is CCNc1ccc(-c2cc(NC[C@@H](C)c3cc(C)nc4c3OCC4)ncn2)cn1.S. The molecule has 7 nitrogen and oxygen atoms in total. The summed E-state index contributed by atoms with van der Waals surface area (Å²) in [6.07, 6.45) is 4.30. The van der Waals surface area contributed by atoms with Crippen LogP contribution in [0.2, 0.25) is 0 Å². The van der Waals surface area contributed by atoms with Gasteiger partial charge in [-0.1, -0.05) is 6.92 Å². The predicted molar refractivity (Wildman–Crippen MR) is 125 cm³/mol. The van der Waals surface area contributed by atoms with Crippen molar-refractivity contribution in [1.82, 2.24) is 19.9 Å². The monoisotopic (exact) mass is 424 g/mol. The highest BCUT2D eigenvalue weighted by Crippen LogP contribution is 2.34. The molecule has 0 amide bonds. The van der Waals surface area contributed by atoms with E-state index in [-0.39, 0.29) is 19.4 Å². The van der Waals surface area contributed by atoms with Crippen molar-refractivity contribution in [2.75, 3.05) is 30.3 Å². The first-order chi connectivity index (χ1) is 14.1. The van der Waals surface area contributed by atoms with E-state index in [2.05, 4.69) is 43.6 Å². The molecule has 4 rings (SSSR count). The highest BCUT2D eigenvalue weighted by atomic mass is 32.1. The molecule has 0 radical (unpaired) electrons. The van der Waals surface area contributed by atoms with Crippen LogP contribution in [0.1, 0.15) is 36.7 Å². The molecule has 30 heavy (non-hydrogen) atoms. The van der Waals surface area contributed by atoms with Crippen LogP contribution in [-0.4, -0.2) is 39.6 Å². The van der Waals surface area contributed by atoms with Crippen LogP contribution in [0.4, 0.5) is 11.6 Å². The van der Waals surface area contributed by atoms with Gasteiger partial charge < -0.3 is 15.4 Å². The van der Waals surface area contributed by atoms with Crippen LogP contribution >= 0.6 is 13.5 Å². The summed E-state index contributed by atoms with van der Waals surface area (Å²) in [7, 11) is 0. The lowest BCUT2D eigenvalue weighted by atomic mass is 9.99. The van der Waals surface area contributed by atoms with Crippen molar-refractivity contribution in [3.8, 4) is 17.0 Å². The van der Waals surface area contributed by atoms with Gasteiger partial charge in [0.1, 0.15) is 23.7 Å². The van der Waals surface area contributed by atoms with Crippen molar-refractivity contribution < 1.29 is 4.74 Å². The Morgan fingerprint density at radius 3 is 2.73 bits per heavy atom. The molecule has 0 bridgehead atoms. The van der Waals surface area contributed by atoms with E-state index in [0.717, 1.165) is 66.1 Å². The summed E-state index contributed by atoms with van der Waals surface area (Å²) in [6, 6.07) is 8.05. The second-order valence-electron chi connectivity index (χ2n) is 7.26. The molecule has 2 N–H and O–H groups in total. The Balaban J connectivity index is 0.00000256. The van der Waals surface area contributed by atoms with Gasteiger partial charge in [0.25, 0.3) is 0 Å². The van der Waals surface area contributed by atoms with Crippen molar-refractivity contribution in [3.63, 3.8) is 0 Å². The number of hydrogen-bond acceptors (Lipinski definition) is 7. The number of anilines is 2. The summed E-state index contributed by atoms with van der Waals surface area (Å²) >= 11 is 0. The standard InChI is InChI=1S/C22H26N6O.H2S/c1-4-23-20-6-5-16(12-25-20)19-10-21(27-13-26-19)24-11-14(2)17-9-15(3)28-18-7-8-29-22(17)18;/h5-6,9-10,12-14H,4,7-8,11H2,1-3H3,(H,23,25)(H,24,26,27);1H2/t14-;/m1./s1. The molecule has 1 aliphatic rings. The van der Waals surface area contributed by atoms with Gasteiger partial charge in [0.05, 0.1) is 18.0 Å². The lowest BCUT2D eigenvalue weighted by Gasteiger charge is -2.17. The van der Waals surface area contributed by atoms with E-state index < -0.39 is 0 Å². The molecule has 0 fully saturated rings. The number of hydrogen-bond donors (Lipinski definition) is 2. The zero-order valence-corrected chi connectivity index (χ0v) is 18.6. The minimum absolute atomic E-state index is 0. The van der Waals surface area contributed by atoms with Crippen molar-refractivity contribution in [3.05, 3.63) is 53.7 Å². The molecule has 4 heterocycles. The van der Waals surface area contributed by atoms with Crippen LogP contribution in [0, 0.1) is 6.92 Å². The van der Waals surface area contributed by atoms with Gasteiger partial charge >= 0.3 is 0 Å². The van der Waals surface area contributed by atoms with Crippen LogP contribution in [-0.2, 0) is 6.42 Å². The lowest BCUT2D eigenvalue weighted by Crippen LogP contribution is -2.12. The van der Waals surface area contributed by atoms with Crippen LogP contribution in [0.3, 0.4) is 0 Å². The van der Waals surface area contributed by atoms with Crippen molar-refractivity contribution in [2.24, 2.45) is 0 Å². The number of ether oxygens (including phenoxy) is 1. The molecule has 1 aliphatic heterocycles. The maximum Gasteiger partial charge on any atom is 0.144 e. The summed E-state index contributed by atoms with van der Waals surface area (Å²) in [6.45, 7) is 8.58. The van der Waals surface area contributed by atoms with Gasteiger partial charge in [0.15, 0.2) is 0 Å². The van der Waals surface area contributed by atoms with Crippen LogP contribution in [0.25, 0.3) is 11.3 Å². The first-order valence-electron chi connectivity index (χ1n) is 10.0. The smallest absolute Gasteiger partial charge is 0.144 e. The van der Waals surface area contributed by atoms with Gasteiger partial charge in [-0.05, 0) is 32.0 Å². The van der Waals surface area contributed by atoms with Gasteiger partial charge in [0.2, 0.25) is 0 Å². The van der Waals surface area contributed by atoms with Crippen molar-refractivity contribution in [2.45, 2.75) is 33.1 Å². The molecule has 0 unspecified atom stereocenters. The zero-order valence-electron chi connectivity index (χ0n) is 17.6. The first-order valence-corrected chi connectivity index (χ1v) is 10.0. The summed E-state index contributed by atoms with van der Waals surface area (Å²) in [5, 5.41) is 6.63. The van der Waals surface area contributed by atoms with E-state index in [4.69, 9.17) is 4.74 Å². The van der Waals surface area contributed by atoms with E-state index in [9.17, 15) is 0 Å². The average Bonchev–Trinajstić information content (AvgIpc) is 3.21. The van der Waals surface area contributed by atoms with Crippen LogP contribution in [0.15, 0.2) is 36.8 Å². The van der Waals surface area contributed by atoms with E-state index in [1.165, 1.54) is 5.56 Å². The molecule has 3 aromatic heterocycles. The first kappa shape index (κ1) is 21.8. The lowest BCUT2D eigenvalue weighted by molar-refractivity contribution is 0.352. The molecule has 0 spiro atoms. The number of nitrogens with zero attached hydrogens (tertiary/aromatic N) is 4. The van der Waals surface area contributed by atoms with E-state index in [1.54, 1.807) is 6.33 Å². The van der Waals surface area contributed by atoms with Gasteiger partial charge in [-0.25, -0.2) is 15.0 Å². The number of aryl methyl sites for hydroxylation is 1. The minimum atomic E-state index is 0. The summed E-state index contributed by atoms with van der Waals surface area (Å²) < 4.78 is 5.83.